The normalized spacial score (nSPS) is 19.8. The van der Waals surface area contributed by atoms with Crippen LogP contribution in [-0.2, 0) is 9.53 Å². The minimum atomic E-state index is -0.263. The second-order valence-corrected chi connectivity index (χ2v) is 4.37. The fourth-order valence-corrected chi connectivity index (χ4v) is 2.05. The molecule has 2 rings (SSSR count). The number of carbonyl (C=O) groups excluding carboxylic acids is 1. The van der Waals surface area contributed by atoms with Crippen LogP contribution in [0.5, 0.6) is 0 Å². The number of hydrogen-bond donors (Lipinski definition) is 1. The minimum absolute atomic E-state index is 0.0255. The molecule has 0 unspecified atom stereocenters. The number of nitrogens with one attached hydrogen (secondary N) is 1. The lowest BCUT2D eigenvalue weighted by Gasteiger charge is -2.11. The Kier molecular flexibility index (Phi) is 3.25. The first-order valence-corrected chi connectivity index (χ1v) is 5.66. The van der Waals surface area contributed by atoms with Gasteiger partial charge in [-0.25, -0.2) is 0 Å². The van der Waals surface area contributed by atoms with Crippen molar-refractivity contribution in [3.05, 3.63) is 29.3 Å². The SMILES string of the molecule is Cc1cc(C)cc(NC(=O)[C@H]2CCCO2)c1. The molecule has 0 radical (unpaired) electrons. The van der Waals surface area contributed by atoms with Crippen molar-refractivity contribution < 1.29 is 9.53 Å². The number of benzene rings is 1. The topological polar surface area (TPSA) is 38.3 Å². The van der Waals surface area contributed by atoms with E-state index in [-0.39, 0.29) is 12.0 Å². The molecule has 0 spiro atoms. The quantitative estimate of drug-likeness (QED) is 0.829. The first-order chi connectivity index (χ1) is 7.65. The molecule has 1 aromatic carbocycles. The zero-order valence-corrected chi connectivity index (χ0v) is 9.75. The van der Waals surface area contributed by atoms with Crippen molar-refractivity contribution in [1.82, 2.24) is 0 Å². The lowest BCUT2D eigenvalue weighted by molar-refractivity contribution is -0.124. The average molecular weight is 219 g/mol. The van der Waals surface area contributed by atoms with Crippen LogP contribution in [0.2, 0.25) is 0 Å². The van der Waals surface area contributed by atoms with Gasteiger partial charge in [0.1, 0.15) is 6.10 Å². The van der Waals surface area contributed by atoms with Crippen molar-refractivity contribution in [3.63, 3.8) is 0 Å². The van der Waals surface area contributed by atoms with Gasteiger partial charge in [-0.05, 0) is 49.9 Å². The standard InChI is InChI=1S/C13H17NO2/c1-9-6-10(2)8-11(7-9)14-13(15)12-4-3-5-16-12/h6-8,12H,3-5H2,1-2H3,(H,14,15)/t12-/m1/s1. The third-order valence-electron chi connectivity index (χ3n) is 2.71. The Hall–Kier alpha value is -1.35. The number of ether oxygens (including phenoxy) is 1. The zero-order valence-electron chi connectivity index (χ0n) is 9.75. The first kappa shape index (κ1) is 11.1. The third-order valence-corrected chi connectivity index (χ3v) is 2.71. The van der Waals surface area contributed by atoms with E-state index in [9.17, 15) is 4.79 Å². The number of rotatable bonds is 2. The van der Waals surface area contributed by atoms with E-state index in [0.29, 0.717) is 6.61 Å². The van der Waals surface area contributed by atoms with Crippen LogP contribution in [-0.4, -0.2) is 18.6 Å². The summed E-state index contributed by atoms with van der Waals surface area (Å²) in [5.74, 6) is -0.0255. The van der Waals surface area contributed by atoms with Crippen molar-refractivity contribution in [2.75, 3.05) is 11.9 Å². The average Bonchev–Trinajstić information content (AvgIpc) is 2.68. The highest BCUT2D eigenvalue weighted by atomic mass is 16.5. The summed E-state index contributed by atoms with van der Waals surface area (Å²) in [5, 5.41) is 2.90. The van der Waals surface area contributed by atoms with Crippen molar-refractivity contribution >= 4 is 11.6 Å². The summed E-state index contributed by atoms with van der Waals surface area (Å²) in [6.45, 7) is 4.74. The molecule has 3 heteroatoms. The molecular formula is C13H17NO2. The van der Waals surface area contributed by atoms with Crippen molar-refractivity contribution in [2.45, 2.75) is 32.8 Å². The summed E-state index contributed by atoms with van der Waals surface area (Å²) < 4.78 is 5.34. The molecule has 0 bridgehead atoms. The number of carbonyl (C=O) groups is 1. The molecule has 16 heavy (non-hydrogen) atoms. The van der Waals surface area contributed by atoms with Gasteiger partial charge >= 0.3 is 0 Å². The molecule has 1 fully saturated rings. The van der Waals surface area contributed by atoms with Crippen molar-refractivity contribution in [3.8, 4) is 0 Å². The van der Waals surface area contributed by atoms with Gasteiger partial charge in [-0.3, -0.25) is 4.79 Å². The Labute approximate surface area is 95.8 Å². The predicted molar refractivity (Wildman–Crippen MR) is 63.5 cm³/mol. The Morgan fingerprint density at radius 1 is 1.31 bits per heavy atom. The molecule has 1 N–H and O–H groups in total. The van der Waals surface area contributed by atoms with E-state index in [4.69, 9.17) is 4.74 Å². The van der Waals surface area contributed by atoms with Crippen LogP contribution in [0.3, 0.4) is 0 Å². The van der Waals surface area contributed by atoms with Gasteiger partial charge in [0.2, 0.25) is 0 Å². The summed E-state index contributed by atoms with van der Waals surface area (Å²) in [6, 6.07) is 6.03. The van der Waals surface area contributed by atoms with Gasteiger partial charge in [0.05, 0.1) is 0 Å². The fourth-order valence-electron chi connectivity index (χ4n) is 2.05. The van der Waals surface area contributed by atoms with E-state index < -0.39 is 0 Å². The summed E-state index contributed by atoms with van der Waals surface area (Å²) in [7, 11) is 0. The maximum atomic E-state index is 11.8. The summed E-state index contributed by atoms with van der Waals surface area (Å²) in [5.41, 5.74) is 3.17. The van der Waals surface area contributed by atoms with Crippen LogP contribution in [0.15, 0.2) is 18.2 Å². The monoisotopic (exact) mass is 219 g/mol. The van der Waals surface area contributed by atoms with Gasteiger partial charge < -0.3 is 10.1 Å². The number of hydrogen-bond acceptors (Lipinski definition) is 2. The van der Waals surface area contributed by atoms with Gasteiger partial charge in [-0.15, -0.1) is 0 Å². The first-order valence-electron chi connectivity index (χ1n) is 5.66. The van der Waals surface area contributed by atoms with Gasteiger partial charge in [0.15, 0.2) is 0 Å². The van der Waals surface area contributed by atoms with Crippen LogP contribution < -0.4 is 5.32 Å². The fraction of sp³-hybridized carbons (Fsp3) is 0.462. The molecule has 86 valence electrons. The van der Waals surface area contributed by atoms with Gasteiger partial charge in [-0.1, -0.05) is 6.07 Å². The molecule has 1 heterocycles. The molecule has 0 aromatic heterocycles. The van der Waals surface area contributed by atoms with E-state index >= 15 is 0 Å². The molecule has 0 saturated carbocycles. The predicted octanol–water partition coefficient (Wildman–Crippen LogP) is 2.42. The maximum Gasteiger partial charge on any atom is 0.253 e. The number of aryl methyl sites for hydroxylation is 2. The van der Waals surface area contributed by atoms with E-state index in [2.05, 4.69) is 11.4 Å². The molecular weight excluding hydrogens is 202 g/mol. The van der Waals surface area contributed by atoms with Crippen LogP contribution in [0.4, 0.5) is 5.69 Å². The zero-order chi connectivity index (χ0) is 11.5. The highest BCUT2D eigenvalue weighted by Gasteiger charge is 2.23. The van der Waals surface area contributed by atoms with E-state index in [1.165, 1.54) is 0 Å². The van der Waals surface area contributed by atoms with Crippen molar-refractivity contribution in [2.24, 2.45) is 0 Å². The molecule has 3 nitrogen and oxygen atoms in total. The van der Waals surface area contributed by atoms with E-state index in [0.717, 1.165) is 29.7 Å². The molecule has 1 aliphatic heterocycles. The summed E-state index contributed by atoms with van der Waals surface area (Å²) >= 11 is 0. The minimum Gasteiger partial charge on any atom is -0.368 e. The Morgan fingerprint density at radius 3 is 2.56 bits per heavy atom. The number of amides is 1. The van der Waals surface area contributed by atoms with Crippen molar-refractivity contribution in [1.29, 1.82) is 0 Å². The van der Waals surface area contributed by atoms with E-state index in [1.807, 2.05) is 26.0 Å². The Morgan fingerprint density at radius 2 is 2.00 bits per heavy atom. The summed E-state index contributed by atoms with van der Waals surface area (Å²) in [6.07, 6.45) is 1.54. The lowest BCUT2D eigenvalue weighted by Crippen LogP contribution is -2.26. The highest BCUT2D eigenvalue weighted by molar-refractivity contribution is 5.94. The molecule has 1 aliphatic rings. The molecule has 1 saturated heterocycles. The molecule has 1 atom stereocenters. The van der Waals surface area contributed by atoms with Crippen LogP contribution >= 0.6 is 0 Å². The Balaban J connectivity index is 2.05. The number of anilines is 1. The highest BCUT2D eigenvalue weighted by Crippen LogP contribution is 2.17. The largest absolute Gasteiger partial charge is 0.368 e. The van der Waals surface area contributed by atoms with Crippen LogP contribution in [0.25, 0.3) is 0 Å². The van der Waals surface area contributed by atoms with E-state index in [1.54, 1.807) is 0 Å². The van der Waals surface area contributed by atoms with Crippen LogP contribution in [0, 0.1) is 13.8 Å². The third kappa shape index (κ3) is 2.61. The van der Waals surface area contributed by atoms with Gasteiger partial charge in [-0.2, -0.15) is 0 Å². The maximum absolute atomic E-state index is 11.8. The smallest absolute Gasteiger partial charge is 0.253 e. The molecule has 1 aromatic rings. The lowest BCUT2D eigenvalue weighted by atomic mass is 10.1. The second kappa shape index (κ2) is 4.66. The van der Waals surface area contributed by atoms with Crippen LogP contribution in [0.1, 0.15) is 24.0 Å². The Bertz CT molecular complexity index is 375. The second-order valence-electron chi connectivity index (χ2n) is 4.37. The molecule has 1 amide bonds. The summed E-state index contributed by atoms with van der Waals surface area (Å²) in [4.78, 5) is 11.8. The molecule has 0 aliphatic carbocycles. The van der Waals surface area contributed by atoms with Gasteiger partial charge in [0, 0.05) is 12.3 Å². The van der Waals surface area contributed by atoms with Gasteiger partial charge in [0.25, 0.3) is 5.91 Å².